The van der Waals surface area contributed by atoms with Crippen molar-refractivity contribution < 1.29 is 23.8 Å². The summed E-state index contributed by atoms with van der Waals surface area (Å²) in [5.74, 6) is 1.25. The van der Waals surface area contributed by atoms with Crippen molar-refractivity contribution in [2.24, 2.45) is 0 Å². The van der Waals surface area contributed by atoms with Gasteiger partial charge in [-0.1, -0.05) is 36.4 Å². The topological polar surface area (TPSA) is 68.3 Å². The van der Waals surface area contributed by atoms with Crippen molar-refractivity contribution in [1.29, 1.82) is 0 Å². The lowest BCUT2D eigenvalue weighted by Gasteiger charge is -2.34. The average Bonchev–Trinajstić information content (AvgIpc) is 2.78. The normalized spacial score (nSPS) is 13.7. The second-order valence-corrected chi connectivity index (χ2v) is 6.77. The molecule has 0 radical (unpaired) electrons. The fourth-order valence-corrected chi connectivity index (χ4v) is 3.23. The Morgan fingerprint density at radius 1 is 0.828 bits per heavy atom. The summed E-state index contributed by atoms with van der Waals surface area (Å²) >= 11 is 0. The number of carbonyl (C=O) groups excluding carboxylic acids is 2. The molecule has 0 unspecified atom stereocenters. The summed E-state index contributed by atoms with van der Waals surface area (Å²) in [6.45, 7) is 2.16. The van der Waals surface area contributed by atoms with Crippen LogP contribution in [0.25, 0.3) is 0 Å². The van der Waals surface area contributed by atoms with Crippen LogP contribution in [-0.4, -0.2) is 62.2 Å². The smallest absolute Gasteiger partial charge is 0.410 e. The van der Waals surface area contributed by atoms with Gasteiger partial charge in [-0.2, -0.15) is 0 Å². The van der Waals surface area contributed by atoms with Crippen LogP contribution in [0.3, 0.4) is 0 Å². The molecule has 0 saturated carbocycles. The Kier molecular flexibility index (Phi) is 6.94. The van der Waals surface area contributed by atoms with Crippen molar-refractivity contribution >= 4 is 12.0 Å². The van der Waals surface area contributed by atoms with Gasteiger partial charge in [0.1, 0.15) is 6.61 Å². The molecule has 1 saturated heterocycles. The molecule has 154 valence electrons. The summed E-state index contributed by atoms with van der Waals surface area (Å²) in [5.41, 5.74) is 1.81. The third-order valence-electron chi connectivity index (χ3n) is 4.90. The summed E-state index contributed by atoms with van der Waals surface area (Å²) in [6, 6.07) is 15.0. The van der Waals surface area contributed by atoms with Crippen LogP contribution in [-0.2, 0) is 22.6 Å². The molecule has 0 bridgehead atoms. The van der Waals surface area contributed by atoms with Crippen molar-refractivity contribution in [3.8, 4) is 11.5 Å². The molecule has 0 atom stereocenters. The van der Waals surface area contributed by atoms with E-state index < -0.39 is 0 Å². The van der Waals surface area contributed by atoms with Crippen LogP contribution in [0.1, 0.15) is 11.1 Å². The zero-order valence-corrected chi connectivity index (χ0v) is 16.8. The molecular weight excluding hydrogens is 372 g/mol. The number of carbonyl (C=O) groups is 2. The molecule has 2 amide bonds. The Hall–Kier alpha value is -3.22. The first-order valence-corrected chi connectivity index (χ1v) is 9.55. The molecule has 7 heteroatoms. The highest BCUT2D eigenvalue weighted by atomic mass is 16.6. The molecule has 1 fully saturated rings. The number of nitrogens with zero attached hydrogens (tertiary/aromatic N) is 2. The molecule has 2 aromatic rings. The Morgan fingerprint density at radius 3 is 2.14 bits per heavy atom. The zero-order chi connectivity index (χ0) is 20.6. The van der Waals surface area contributed by atoms with E-state index in [1.165, 1.54) is 0 Å². The number of hydrogen-bond donors (Lipinski definition) is 0. The van der Waals surface area contributed by atoms with Gasteiger partial charge in [0.05, 0.1) is 20.6 Å². The zero-order valence-electron chi connectivity index (χ0n) is 16.8. The lowest BCUT2D eigenvalue weighted by molar-refractivity contribution is -0.132. The van der Waals surface area contributed by atoms with Crippen LogP contribution >= 0.6 is 0 Å². The molecule has 0 aromatic heterocycles. The third kappa shape index (κ3) is 5.40. The molecule has 29 heavy (non-hydrogen) atoms. The van der Waals surface area contributed by atoms with E-state index in [-0.39, 0.29) is 25.0 Å². The summed E-state index contributed by atoms with van der Waals surface area (Å²) < 4.78 is 15.9. The molecule has 1 heterocycles. The van der Waals surface area contributed by atoms with Gasteiger partial charge < -0.3 is 24.0 Å². The van der Waals surface area contributed by atoms with E-state index in [0.29, 0.717) is 37.7 Å². The monoisotopic (exact) mass is 398 g/mol. The minimum absolute atomic E-state index is 0.0227. The van der Waals surface area contributed by atoms with Gasteiger partial charge in [0.2, 0.25) is 5.91 Å². The molecule has 0 spiro atoms. The van der Waals surface area contributed by atoms with Crippen LogP contribution < -0.4 is 9.47 Å². The summed E-state index contributed by atoms with van der Waals surface area (Å²) in [7, 11) is 3.15. The van der Waals surface area contributed by atoms with Gasteiger partial charge in [-0.25, -0.2) is 4.79 Å². The van der Waals surface area contributed by atoms with E-state index in [2.05, 4.69) is 0 Å². The number of piperazine rings is 1. The van der Waals surface area contributed by atoms with Gasteiger partial charge in [-0.3, -0.25) is 4.79 Å². The number of rotatable bonds is 6. The fourth-order valence-electron chi connectivity index (χ4n) is 3.23. The van der Waals surface area contributed by atoms with E-state index in [4.69, 9.17) is 14.2 Å². The van der Waals surface area contributed by atoms with E-state index >= 15 is 0 Å². The predicted octanol–water partition coefficient (Wildman–Crippen LogP) is 2.73. The van der Waals surface area contributed by atoms with Crippen LogP contribution in [0.5, 0.6) is 11.5 Å². The first kappa shape index (κ1) is 20.5. The molecule has 1 aliphatic rings. The lowest BCUT2D eigenvalue weighted by Crippen LogP contribution is -2.51. The van der Waals surface area contributed by atoms with Crippen molar-refractivity contribution in [2.45, 2.75) is 13.0 Å². The van der Waals surface area contributed by atoms with E-state index in [1.54, 1.807) is 30.1 Å². The molecule has 1 aliphatic heterocycles. The Labute approximate surface area is 170 Å². The minimum Gasteiger partial charge on any atom is -0.493 e. The van der Waals surface area contributed by atoms with Crippen LogP contribution in [0.15, 0.2) is 48.5 Å². The second-order valence-electron chi connectivity index (χ2n) is 6.77. The largest absolute Gasteiger partial charge is 0.493 e. The highest BCUT2D eigenvalue weighted by Crippen LogP contribution is 2.27. The molecule has 0 aliphatic carbocycles. The molecule has 3 rings (SSSR count). The van der Waals surface area contributed by atoms with Crippen LogP contribution in [0.4, 0.5) is 4.79 Å². The number of hydrogen-bond acceptors (Lipinski definition) is 5. The summed E-state index contributed by atoms with van der Waals surface area (Å²) in [4.78, 5) is 28.3. The second kappa shape index (κ2) is 9.82. The maximum atomic E-state index is 12.6. The van der Waals surface area contributed by atoms with Gasteiger partial charge >= 0.3 is 6.09 Å². The Bertz CT molecular complexity index is 832. The summed E-state index contributed by atoms with van der Waals surface area (Å²) in [5, 5.41) is 0. The van der Waals surface area contributed by atoms with E-state index in [0.717, 1.165) is 11.1 Å². The minimum atomic E-state index is -0.346. The molecule has 2 aromatic carbocycles. The number of amides is 2. The van der Waals surface area contributed by atoms with Crippen molar-refractivity contribution in [3.05, 3.63) is 59.7 Å². The lowest BCUT2D eigenvalue weighted by atomic mass is 10.1. The van der Waals surface area contributed by atoms with Gasteiger partial charge in [0, 0.05) is 26.2 Å². The highest BCUT2D eigenvalue weighted by Gasteiger charge is 2.25. The fraction of sp³-hybridized carbons (Fsp3) is 0.364. The number of benzene rings is 2. The van der Waals surface area contributed by atoms with Crippen LogP contribution in [0, 0.1) is 0 Å². The maximum Gasteiger partial charge on any atom is 0.410 e. The molecule has 0 N–H and O–H groups in total. The predicted molar refractivity (Wildman–Crippen MR) is 108 cm³/mol. The van der Waals surface area contributed by atoms with Gasteiger partial charge in [-0.15, -0.1) is 0 Å². The maximum absolute atomic E-state index is 12.6. The van der Waals surface area contributed by atoms with Crippen molar-refractivity contribution in [1.82, 2.24) is 9.80 Å². The summed E-state index contributed by atoms with van der Waals surface area (Å²) in [6.07, 6.45) is -0.0698. The standard InChI is InChI=1S/C22H26N2O5/c1-27-19-9-8-18(14-20(19)28-2)15-21(25)23-10-12-24(13-11-23)22(26)29-16-17-6-4-3-5-7-17/h3-9,14H,10-13,15-16H2,1-2H3. The molecular formula is C22H26N2O5. The molecule has 7 nitrogen and oxygen atoms in total. The highest BCUT2D eigenvalue weighted by molar-refractivity contribution is 5.79. The van der Waals surface area contributed by atoms with E-state index in [1.807, 2.05) is 42.5 Å². The SMILES string of the molecule is COc1ccc(CC(=O)N2CCN(C(=O)OCc3ccccc3)CC2)cc1OC. The van der Waals surface area contributed by atoms with Gasteiger partial charge in [-0.05, 0) is 23.3 Å². The van der Waals surface area contributed by atoms with Crippen molar-refractivity contribution in [2.75, 3.05) is 40.4 Å². The Balaban J connectivity index is 1.47. The van der Waals surface area contributed by atoms with Crippen molar-refractivity contribution in [3.63, 3.8) is 0 Å². The average molecular weight is 398 g/mol. The van der Waals surface area contributed by atoms with Crippen LogP contribution in [0.2, 0.25) is 0 Å². The first-order valence-electron chi connectivity index (χ1n) is 9.55. The van der Waals surface area contributed by atoms with Gasteiger partial charge in [0.25, 0.3) is 0 Å². The Morgan fingerprint density at radius 2 is 1.48 bits per heavy atom. The van der Waals surface area contributed by atoms with E-state index in [9.17, 15) is 9.59 Å². The third-order valence-corrected chi connectivity index (χ3v) is 4.90. The number of methoxy groups -OCH3 is 2. The quantitative estimate of drug-likeness (QED) is 0.749. The van der Waals surface area contributed by atoms with Gasteiger partial charge in [0.15, 0.2) is 11.5 Å². The number of ether oxygens (including phenoxy) is 3. The first-order chi connectivity index (χ1) is 14.1.